The Labute approximate surface area is 165 Å². The van der Waals surface area contributed by atoms with Gasteiger partial charge >= 0.3 is 0 Å². The lowest BCUT2D eigenvalue weighted by Crippen LogP contribution is -2.14. The summed E-state index contributed by atoms with van der Waals surface area (Å²) in [4.78, 5) is 23.0. The number of benzene rings is 2. The van der Waals surface area contributed by atoms with Gasteiger partial charge in [0.2, 0.25) is 0 Å². The molecule has 8 nitrogen and oxygen atoms in total. The molecule has 8 heteroatoms. The number of nitro groups is 1. The van der Waals surface area contributed by atoms with E-state index in [4.69, 9.17) is 9.68 Å². The maximum absolute atomic E-state index is 12.4. The minimum atomic E-state index is -0.709. The van der Waals surface area contributed by atoms with Crippen molar-refractivity contribution in [2.24, 2.45) is 0 Å². The highest BCUT2D eigenvalue weighted by atomic mass is 16.6. The molecule has 0 fully saturated rings. The van der Waals surface area contributed by atoms with Crippen LogP contribution in [0.4, 0.5) is 11.4 Å². The van der Waals surface area contributed by atoms with E-state index in [2.05, 4.69) is 5.32 Å². The first-order valence-electron chi connectivity index (χ1n) is 8.29. The third-order valence-electron chi connectivity index (χ3n) is 3.94. The van der Waals surface area contributed by atoms with Gasteiger partial charge in [-0.2, -0.15) is 10.5 Å². The van der Waals surface area contributed by atoms with Gasteiger partial charge < -0.3 is 9.73 Å². The maximum atomic E-state index is 12.4. The molecular weight excluding hydrogens is 372 g/mol. The molecule has 29 heavy (non-hydrogen) atoms. The molecule has 0 saturated carbocycles. The van der Waals surface area contributed by atoms with Crippen LogP contribution in [-0.2, 0) is 4.79 Å². The van der Waals surface area contributed by atoms with Crippen LogP contribution in [0.3, 0.4) is 0 Å². The third kappa shape index (κ3) is 4.18. The minimum Gasteiger partial charge on any atom is -0.456 e. The quantitative estimate of drug-likeness (QED) is 0.302. The number of nitrogens with zero attached hydrogens (tertiary/aromatic N) is 3. The van der Waals surface area contributed by atoms with Crippen LogP contribution in [0.1, 0.15) is 11.3 Å². The Bertz CT molecular complexity index is 1210. The monoisotopic (exact) mass is 384 g/mol. The number of nitro benzene ring substituents is 1. The normalized spacial score (nSPS) is 10.6. The van der Waals surface area contributed by atoms with Crippen LogP contribution in [0.25, 0.3) is 17.4 Å². The first-order valence-corrected chi connectivity index (χ1v) is 8.29. The number of para-hydroxylation sites is 2. The zero-order chi connectivity index (χ0) is 20.8. The summed E-state index contributed by atoms with van der Waals surface area (Å²) in [5, 5.41) is 32.1. The Hall–Kier alpha value is -4.69. The van der Waals surface area contributed by atoms with Crippen LogP contribution in [0.2, 0.25) is 0 Å². The van der Waals surface area contributed by atoms with Crippen molar-refractivity contribution in [3.8, 4) is 23.5 Å². The van der Waals surface area contributed by atoms with Crippen LogP contribution in [0, 0.1) is 32.8 Å². The second kappa shape index (κ2) is 8.33. The molecule has 0 spiro atoms. The van der Waals surface area contributed by atoms with Gasteiger partial charge in [-0.05, 0) is 30.3 Å². The molecule has 0 aliphatic carbocycles. The van der Waals surface area contributed by atoms with Gasteiger partial charge in [0.1, 0.15) is 29.2 Å². The van der Waals surface area contributed by atoms with Crippen LogP contribution < -0.4 is 5.32 Å². The highest BCUT2D eigenvalue weighted by Crippen LogP contribution is 2.31. The average Bonchev–Trinajstić information content (AvgIpc) is 3.20. The summed E-state index contributed by atoms with van der Waals surface area (Å²) < 4.78 is 5.57. The standard InChI is InChI=1S/C21H12N4O4/c22-12-14-5-1-3-7-18(14)24-21(26)15(13-23)11-16-9-10-20(29-16)17-6-2-4-8-19(17)25(27)28/h1-11H,(H,24,26)/b15-11+. The van der Waals surface area contributed by atoms with E-state index in [1.807, 2.05) is 6.07 Å². The Morgan fingerprint density at radius 1 is 1.07 bits per heavy atom. The Balaban J connectivity index is 1.88. The Kier molecular flexibility index (Phi) is 5.48. The van der Waals surface area contributed by atoms with Gasteiger partial charge in [0.05, 0.1) is 21.7 Å². The fourth-order valence-electron chi connectivity index (χ4n) is 2.59. The molecule has 0 aliphatic heterocycles. The smallest absolute Gasteiger partial charge is 0.280 e. The Morgan fingerprint density at radius 3 is 2.52 bits per heavy atom. The van der Waals surface area contributed by atoms with E-state index in [1.54, 1.807) is 42.5 Å². The van der Waals surface area contributed by atoms with Crippen LogP contribution in [-0.4, -0.2) is 10.8 Å². The summed E-state index contributed by atoms with van der Waals surface area (Å²) in [5.74, 6) is -0.298. The first-order chi connectivity index (χ1) is 14.0. The van der Waals surface area contributed by atoms with E-state index in [1.165, 1.54) is 30.3 Å². The topological polar surface area (TPSA) is 133 Å². The first kappa shape index (κ1) is 19.1. The van der Waals surface area contributed by atoms with Crippen molar-refractivity contribution < 1.29 is 14.1 Å². The van der Waals surface area contributed by atoms with Crippen molar-refractivity contribution >= 4 is 23.4 Å². The van der Waals surface area contributed by atoms with Gasteiger partial charge in [-0.3, -0.25) is 14.9 Å². The summed E-state index contributed by atoms with van der Waals surface area (Å²) in [6, 6.07) is 19.2. The molecule has 1 aromatic heterocycles. The molecule has 0 unspecified atom stereocenters. The zero-order valence-electron chi connectivity index (χ0n) is 14.8. The van der Waals surface area contributed by atoms with Crippen molar-refractivity contribution in [2.45, 2.75) is 0 Å². The number of furan rings is 1. The molecule has 3 aromatic rings. The lowest BCUT2D eigenvalue weighted by atomic mass is 10.1. The molecule has 0 radical (unpaired) electrons. The van der Waals surface area contributed by atoms with Crippen LogP contribution in [0.15, 0.2) is 70.7 Å². The number of nitrogens with one attached hydrogen (secondary N) is 1. The van der Waals surface area contributed by atoms with Gasteiger partial charge in [-0.15, -0.1) is 0 Å². The summed E-state index contributed by atoms with van der Waals surface area (Å²) >= 11 is 0. The molecule has 140 valence electrons. The molecule has 0 aliphatic rings. The van der Waals surface area contributed by atoms with E-state index in [0.29, 0.717) is 0 Å². The zero-order valence-corrected chi connectivity index (χ0v) is 14.8. The SMILES string of the molecule is N#C/C(=C\c1ccc(-c2ccccc2[N+](=O)[O-])o1)C(=O)Nc1ccccc1C#N. The van der Waals surface area contributed by atoms with Gasteiger partial charge in [0.25, 0.3) is 11.6 Å². The maximum Gasteiger partial charge on any atom is 0.280 e. The summed E-state index contributed by atoms with van der Waals surface area (Å²) in [5.41, 5.74) is 0.448. The lowest BCUT2D eigenvalue weighted by Gasteiger charge is -2.05. The number of carbonyl (C=O) groups excluding carboxylic acids is 1. The Morgan fingerprint density at radius 2 is 1.79 bits per heavy atom. The third-order valence-corrected chi connectivity index (χ3v) is 3.94. The molecular formula is C21H12N4O4. The number of rotatable bonds is 5. The molecule has 3 rings (SSSR count). The molecule has 1 heterocycles. The van der Waals surface area contributed by atoms with E-state index < -0.39 is 10.8 Å². The van der Waals surface area contributed by atoms with E-state index in [0.717, 1.165) is 0 Å². The van der Waals surface area contributed by atoms with Gasteiger partial charge in [-0.1, -0.05) is 24.3 Å². The summed E-state index contributed by atoms with van der Waals surface area (Å²) in [6.45, 7) is 0. The second-order valence-electron chi connectivity index (χ2n) is 5.76. The van der Waals surface area contributed by atoms with Crippen molar-refractivity contribution in [3.05, 3.63) is 87.7 Å². The number of anilines is 1. The van der Waals surface area contributed by atoms with Crippen molar-refractivity contribution in [2.75, 3.05) is 5.32 Å². The number of hydrogen-bond donors (Lipinski definition) is 1. The highest BCUT2D eigenvalue weighted by molar-refractivity contribution is 6.10. The fourth-order valence-corrected chi connectivity index (χ4v) is 2.59. The van der Waals surface area contributed by atoms with Gasteiger partial charge in [0.15, 0.2) is 0 Å². The largest absolute Gasteiger partial charge is 0.456 e. The van der Waals surface area contributed by atoms with E-state index in [9.17, 15) is 20.2 Å². The fraction of sp³-hybridized carbons (Fsp3) is 0. The van der Waals surface area contributed by atoms with E-state index >= 15 is 0 Å². The number of nitriles is 2. The average molecular weight is 384 g/mol. The second-order valence-corrected chi connectivity index (χ2v) is 5.76. The van der Waals surface area contributed by atoms with Crippen molar-refractivity contribution in [1.29, 1.82) is 10.5 Å². The molecule has 0 atom stereocenters. The molecule has 1 N–H and O–H groups in total. The lowest BCUT2D eigenvalue weighted by molar-refractivity contribution is -0.384. The van der Waals surface area contributed by atoms with Crippen LogP contribution in [0.5, 0.6) is 0 Å². The van der Waals surface area contributed by atoms with Crippen molar-refractivity contribution in [1.82, 2.24) is 0 Å². The summed E-state index contributed by atoms with van der Waals surface area (Å²) in [7, 11) is 0. The van der Waals surface area contributed by atoms with E-state index in [-0.39, 0.29) is 39.6 Å². The van der Waals surface area contributed by atoms with Crippen molar-refractivity contribution in [3.63, 3.8) is 0 Å². The molecule has 0 saturated heterocycles. The molecule has 1 amide bonds. The predicted octanol–water partition coefficient (Wildman–Crippen LogP) is 4.27. The molecule has 2 aromatic carbocycles. The molecule has 0 bridgehead atoms. The number of amides is 1. The highest BCUT2D eigenvalue weighted by Gasteiger charge is 2.18. The van der Waals surface area contributed by atoms with Crippen LogP contribution >= 0.6 is 0 Å². The number of hydrogen-bond acceptors (Lipinski definition) is 6. The predicted molar refractivity (Wildman–Crippen MR) is 104 cm³/mol. The number of carbonyl (C=O) groups is 1. The summed E-state index contributed by atoms with van der Waals surface area (Å²) in [6.07, 6.45) is 1.22. The van der Waals surface area contributed by atoms with Gasteiger partial charge in [-0.25, -0.2) is 0 Å². The minimum absolute atomic E-state index is 0.122. The van der Waals surface area contributed by atoms with Gasteiger partial charge in [0, 0.05) is 12.1 Å².